The zero-order valence-electron chi connectivity index (χ0n) is 9.54. The zero-order chi connectivity index (χ0) is 13.6. The first-order valence-electron chi connectivity index (χ1n) is 5.27. The fourth-order valence-electron chi connectivity index (χ4n) is 1.25. The Hall–Kier alpha value is -1.33. The number of sulfone groups is 1. The predicted molar refractivity (Wildman–Crippen MR) is 71.1 cm³/mol. The largest absolute Gasteiger partial charge is 0.481 e. The van der Waals surface area contributed by atoms with Gasteiger partial charge in [0.15, 0.2) is 9.84 Å². The van der Waals surface area contributed by atoms with Crippen LogP contribution in [-0.4, -0.2) is 25.2 Å². The Morgan fingerprint density at radius 2 is 1.89 bits per heavy atom. The van der Waals surface area contributed by atoms with E-state index in [1.165, 1.54) is 6.08 Å². The minimum Gasteiger partial charge on any atom is -0.481 e. The first-order chi connectivity index (χ1) is 8.39. The standard InChI is InChI=1S/C12H13ClO4S/c13-11-5-3-10(4-6-11)7-9-18(16,17)8-1-2-12(14)15/h3-7,9H,1-2,8H2,(H,14,15). The van der Waals surface area contributed by atoms with Crippen molar-refractivity contribution in [2.45, 2.75) is 12.8 Å². The molecule has 0 saturated carbocycles. The molecule has 0 aliphatic carbocycles. The van der Waals surface area contributed by atoms with E-state index in [1.807, 2.05) is 0 Å². The van der Waals surface area contributed by atoms with Gasteiger partial charge in [-0.2, -0.15) is 0 Å². The van der Waals surface area contributed by atoms with Gasteiger partial charge in [0, 0.05) is 16.9 Å². The molecular weight excluding hydrogens is 276 g/mol. The van der Waals surface area contributed by atoms with Gasteiger partial charge in [-0.15, -0.1) is 0 Å². The molecule has 0 bridgehead atoms. The van der Waals surface area contributed by atoms with Gasteiger partial charge >= 0.3 is 5.97 Å². The van der Waals surface area contributed by atoms with Crippen LogP contribution < -0.4 is 0 Å². The van der Waals surface area contributed by atoms with Gasteiger partial charge < -0.3 is 5.11 Å². The van der Waals surface area contributed by atoms with Crippen LogP contribution in [0.2, 0.25) is 5.02 Å². The van der Waals surface area contributed by atoms with Crippen molar-refractivity contribution in [3.05, 3.63) is 40.3 Å². The summed E-state index contributed by atoms with van der Waals surface area (Å²) >= 11 is 5.70. The molecule has 0 unspecified atom stereocenters. The first kappa shape index (κ1) is 14.7. The Morgan fingerprint density at radius 3 is 2.44 bits per heavy atom. The van der Waals surface area contributed by atoms with Gasteiger partial charge in [-0.05, 0) is 30.2 Å². The van der Waals surface area contributed by atoms with E-state index in [1.54, 1.807) is 24.3 Å². The number of hydrogen-bond acceptors (Lipinski definition) is 3. The SMILES string of the molecule is O=C(O)CCCS(=O)(=O)C=Cc1ccc(Cl)cc1. The fraction of sp³-hybridized carbons (Fsp3) is 0.250. The maximum atomic E-state index is 11.5. The molecule has 0 aromatic heterocycles. The van der Waals surface area contributed by atoms with Crippen LogP contribution in [0.5, 0.6) is 0 Å². The lowest BCUT2D eigenvalue weighted by atomic mass is 10.2. The summed E-state index contributed by atoms with van der Waals surface area (Å²) in [5.74, 6) is -1.16. The van der Waals surface area contributed by atoms with Crippen molar-refractivity contribution >= 4 is 33.5 Å². The molecule has 0 fully saturated rings. The van der Waals surface area contributed by atoms with Crippen LogP contribution in [0.3, 0.4) is 0 Å². The van der Waals surface area contributed by atoms with Crippen molar-refractivity contribution in [3.8, 4) is 0 Å². The van der Waals surface area contributed by atoms with Crippen molar-refractivity contribution < 1.29 is 18.3 Å². The maximum Gasteiger partial charge on any atom is 0.303 e. The van der Waals surface area contributed by atoms with E-state index in [0.29, 0.717) is 5.02 Å². The van der Waals surface area contributed by atoms with Gasteiger partial charge in [0.05, 0.1) is 5.75 Å². The molecule has 0 aliphatic rings. The molecule has 1 N–H and O–H groups in total. The number of hydrogen-bond donors (Lipinski definition) is 1. The lowest BCUT2D eigenvalue weighted by Crippen LogP contribution is -2.05. The molecule has 0 radical (unpaired) electrons. The summed E-state index contributed by atoms with van der Waals surface area (Å²) in [6, 6.07) is 6.73. The smallest absolute Gasteiger partial charge is 0.303 e. The average molecular weight is 289 g/mol. The van der Waals surface area contributed by atoms with Crippen LogP contribution in [-0.2, 0) is 14.6 Å². The van der Waals surface area contributed by atoms with E-state index in [0.717, 1.165) is 11.0 Å². The second kappa shape index (κ2) is 6.56. The average Bonchev–Trinajstić information content (AvgIpc) is 2.27. The molecule has 1 aromatic carbocycles. The molecule has 0 saturated heterocycles. The fourth-order valence-corrected chi connectivity index (χ4v) is 2.42. The number of carbonyl (C=O) groups is 1. The van der Waals surface area contributed by atoms with Gasteiger partial charge in [-0.3, -0.25) is 4.79 Å². The third-order valence-electron chi connectivity index (χ3n) is 2.16. The molecule has 98 valence electrons. The molecule has 0 amide bonds. The number of benzene rings is 1. The lowest BCUT2D eigenvalue weighted by molar-refractivity contribution is -0.137. The topological polar surface area (TPSA) is 71.4 Å². The molecule has 0 heterocycles. The molecule has 0 spiro atoms. The number of halogens is 1. The normalized spacial score (nSPS) is 11.8. The van der Waals surface area contributed by atoms with E-state index in [-0.39, 0.29) is 18.6 Å². The summed E-state index contributed by atoms with van der Waals surface area (Å²) in [7, 11) is -3.36. The summed E-state index contributed by atoms with van der Waals surface area (Å²) in [6.45, 7) is 0. The second-order valence-electron chi connectivity index (χ2n) is 3.72. The predicted octanol–water partition coefficient (Wildman–Crippen LogP) is 2.59. The summed E-state index contributed by atoms with van der Waals surface area (Å²) in [4.78, 5) is 10.3. The number of carboxylic acids is 1. The van der Waals surface area contributed by atoms with Crippen molar-refractivity contribution in [2.24, 2.45) is 0 Å². The van der Waals surface area contributed by atoms with Crippen molar-refractivity contribution in [3.63, 3.8) is 0 Å². The molecule has 4 nitrogen and oxygen atoms in total. The Labute approximate surface area is 111 Å². The van der Waals surface area contributed by atoms with Crippen LogP contribution in [0.15, 0.2) is 29.7 Å². The van der Waals surface area contributed by atoms with Gasteiger partial charge in [0.1, 0.15) is 0 Å². The highest BCUT2D eigenvalue weighted by Gasteiger charge is 2.07. The highest BCUT2D eigenvalue weighted by atomic mass is 35.5. The molecule has 1 rings (SSSR count). The molecule has 6 heteroatoms. The van der Waals surface area contributed by atoms with E-state index >= 15 is 0 Å². The number of carboxylic acid groups (broad SMARTS) is 1. The van der Waals surface area contributed by atoms with E-state index < -0.39 is 15.8 Å². The minimum absolute atomic E-state index is 0.114. The Kier molecular flexibility index (Phi) is 5.37. The van der Waals surface area contributed by atoms with E-state index in [2.05, 4.69) is 0 Å². The zero-order valence-corrected chi connectivity index (χ0v) is 11.1. The molecule has 1 aromatic rings. The summed E-state index contributed by atoms with van der Waals surface area (Å²) in [5, 5.41) is 10.1. The number of rotatable bonds is 6. The second-order valence-corrected chi connectivity index (χ2v) is 6.16. The van der Waals surface area contributed by atoms with Gasteiger partial charge in [0.2, 0.25) is 0 Å². The van der Waals surface area contributed by atoms with Gasteiger partial charge in [0.25, 0.3) is 0 Å². The Bertz CT molecular complexity index is 532. The first-order valence-corrected chi connectivity index (χ1v) is 7.36. The third kappa shape index (κ3) is 5.84. The third-order valence-corrected chi connectivity index (χ3v) is 3.82. The quantitative estimate of drug-likeness (QED) is 0.873. The number of aliphatic carboxylic acids is 1. The van der Waals surface area contributed by atoms with Gasteiger partial charge in [-0.25, -0.2) is 8.42 Å². The monoisotopic (exact) mass is 288 g/mol. The maximum absolute atomic E-state index is 11.5. The molecule has 0 atom stereocenters. The van der Waals surface area contributed by atoms with Crippen LogP contribution in [0.25, 0.3) is 6.08 Å². The molecule has 18 heavy (non-hydrogen) atoms. The van der Waals surface area contributed by atoms with Crippen LogP contribution in [0.1, 0.15) is 18.4 Å². The van der Waals surface area contributed by atoms with Crippen LogP contribution in [0.4, 0.5) is 0 Å². The van der Waals surface area contributed by atoms with Crippen molar-refractivity contribution in [2.75, 3.05) is 5.75 Å². The Morgan fingerprint density at radius 1 is 1.28 bits per heavy atom. The van der Waals surface area contributed by atoms with Crippen molar-refractivity contribution in [1.29, 1.82) is 0 Å². The van der Waals surface area contributed by atoms with Crippen LogP contribution >= 0.6 is 11.6 Å². The van der Waals surface area contributed by atoms with Crippen LogP contribution in [0, 0.1) is 0 Å². The lowest BCUT2D eigenvalue weighted by Gasteiger charge is -1.97. The van der Waals surface area contributed by atoms with Crippen molar-refractivity contribution in [1.82, 2.24) is 0 Å². The molecule has 0 aliphatic heterocycles. The molecular formula is C12H13ClO4S. The van der Waals surface area contributed by atoms with Gasteiger partial charge in [-0.1, -0.05) is 23.7 Å². The highest BCUT2D eigenvalue weighted by Crippen LogP contribution is 2.11. The summed E-state index contributed by atoms with van der Waals surface area (Å²) in [5.41, 5.74) is 0.723. The van der Waals surface area contributed by atoms with E-state index in [4.69, 9.17) is 16.7 Å². The van der Waals surface area contributed by atoms with E-state index in [9.17, 15) is 13.2 Å². The Balaban J connectivity index is 2.59. The summed E-state index contributed by atoms with van der Waals surface area (Å²) in [6.07, 6.45) is 1.43. The minimum atomic E-state index is -3.36. The summed E-state index contributed by atoms with van der Waals surface area (Å²) < 4.78 is 23.1. The highest BCUT2D eigenvalue weighted by molar-refractivity contribution is 7.94.